The minimum absolute atomic E-state index is 0.0867. The molecule has 0 aromatic carbocycles. The zero-order chi connectivity index (χ0) is 13.5. The van der Waals surface area contributed by atoms with Crippen molar-refractivity contribution in [2.75, 3.05) is 0 Å². The van der Waals surface area contributed by atoms with Crippen molar-refractivity contribution in [1.29, 1.82) is 0 Å². The van der Waals surface area contributed by atoms with Crippen LogP contribution in [0.1, 0.15) is 48.5 Å². The molecule has 0 fully saturated rings. The molecule has 0 aliphatic carbocycles. The number of allylic oxidation sites excluding steroid dienone is 6. The van der Waals surface area contributed by atoms with Crippen LogP contribution in [0.4, 0.5) is 0 Å². The van der Waals surface area contributed by atoms with Gasteiger partial charge in [-0.05, 0) is 31.4 Å². The second-order valence-corrected chi connectivity index (χ2v) is 5.71. The number of hydrogen-bond acceptors (Lipinski definition) is 1. The number of nitrogens with zero attached hydrogens (tertiary/aromatic N) is 1. The molecule has 0 aromatic heterocycles. The largest absolute Gasteiger partial charge is 0.265 e. The van der Waals surface area contributed by atoms with Gasteiger partial charge in [-0.2, -0.15) is 0 Å². The van der Waals surface area contributed by atoms with Crippen molar-refractivity contribution in [1.82, 2.24) is 0 Å². The van der Waals surface area contributed by atoms with E-state index in [2.05, 4.69) is 70.8 Å². The van der Waals surface area contributed by atoms with Gasteiger partial charge in [0.15, 0.2) is 0 Å². The quantitative estimate of drug-likeness (QED) is 0.469. The molecule has 0 spiro atoms. The van der Waals surface area contributed by atoms with Gasteiger partial charge in [0.05, 0.1) is 0 Å². The number of rotatable bonds is 4. The normalized spacial score (nSPS) is 15.5. The van der Waals surface area contributed by atoms with E-state index in [1.165, 1.54) is 5.57 Å². The second-order valence-electron chi connectivity index (χ2n) is 5.71. The summed E-state index contributed by atoms with van der Waals surface area (Å²) in [5, 5.41) is 0. The zero-order valence-electron chi connectivity index (χ0n) is 12.4. The molecule has 0 N–H and O–H groups in total. The summed E-state index contributed by atoms with van der Waals surface area (Å²) in [6, 6.07) is 0. The van der Waals surface area contributed by atoms with E-state index in [1.54, 1.807) is 0 Å². The lowest BCUT2D eigenvalue weighted by Crippen LogP contribution is -2.07. The molecule has 0 heterocycles. The van der Waals surface area contributed by atoms with Crippen LogP contribution in [-0.4, -0.2) is 6.21 Å². The Hall–Kier alpha value is -1.11. The molecule has 0 radical (unpaired) electrons. The molecule has 0 aliphatic rings. The highest BCUT2D eigenvalue weighted by Gasteiger charge is 2.15. The molecule has 0 bridgehead atoms. The highest BCUT2D eigenvalue weighted by Crippen LogP contribution is 2.27. The van der Waals surface area contributed by atoms with Crippen LogP contribution in [-0.2, 0) is 0 Å². The van der Waals surface area contributed by atoms with E-state index >= 15 is 0 Å². The maximum absolute atomic E-state index is 4.45. The summed E-state index contributed by atoms with van der Waals surface area (Å²) in [4.78, 5) is 4.45. The first-order valence-electron chi connectivity index (χ1n) is 6.33. The van der Waals surface area contributed by atoms with Gasteiger partial charge >= 0.3 is 0 Å². The van der Waals surface area contributed by atoms with Gasteiger partial charge < -0.3 is 0 Å². The lowest BCUT2D eigenvalue weighted by atomic mass is 9.91. The molecule has 0 saturated carbocycles. The predicted octanol–water partition coefficient (Wildman–Crippen LogP) is 5.17. The van der Waals surface area contributed by atoms with Gasteiger partial charge in [-0.1, -0.05) is 52.8 Å². The Kier molecular flexibility index (Phi) is 6.79. The smallest absolute Gasteiger partial charge is 0.0455 e. The van der Waals surface area contributed by atoms with E-state index in [0.29, 0.717) is 5.92 Å². The van der Waals surface area contributed by atoms with E-state index in [-0.39, 0.29) is 5.41 Å². The van der Waals surface area contributed by atoms with Crippen LogP contribution in [0.2, 0.25) is 0 Å². The summed E-state index contributed by atoms with van der Waals surface area (Å²) in [5.41, 5.74) is 2.44. The van der Waals surface area contributed by atoms with E-state index in [0.717, 1.165) is 5.70 Å². The average molecular weight is 233 g/mol. The number of aliphatic imine (C=N–C) groups is 1. The Labute approximate surface area is 107 Å². The van der Waals surface area contributed by atoms with Crippen molar-refractivity contribution in [2.45, 2.75) is 48.5 Å². The van der Waals surface area contributed by atoms with E-state index in [1.807, 2.05) is 13.1 Å². The third kappa shape index (κ3) is 7.73. The molecule has 1 nitrogen and oxygen atoms in total. The van der Waals surface area contributed by atoms with Crippen LogP contribution in [0.15, 0.2) is 40.6 Å². The average Bonchev–Trinajstić information content (AvgIpc) is 2.15. The van der Waals surface area contributed by atoms with Gasteiger partial charge in [-0.15, -0.1) is 0 Å². The summed E-state index contributed by atoms with van der Waals surface area (Å²) >= 11 is 0. The van der Waals surface area contributed by atoms with E-state index in [9.17, 15) is 0 Å². The molecule has 0 saturated heterocycles. The Morgan fingerprint density at radius 3 is 2.18 bits per heavy atom. The Morgan fingerprint density at radius 1 is 1.18 bits per heavy atom. The predicted molar refractivity (Wildman–Crippen MR) is 79.4 cm³/mol. The van der Waals surface area contributed by atoms with Crippen LogP contribution in [0, 0.1) is 11.3 Å². The van der Waals surface area contributed by atoms with Gasteiger partial charge in [0, 0.05) is 17.3 Å². The summed E-state index contributed by atoms with van der Waals surface area (Å²) < 4.78 is 0. The topological polar surface area (TPSA) is 12.4 Å². The Balaban J connectivity index is 4.95. The van der Waals surface area contributed by atoms with Crippen molar-refractivity contribution >= 4 is 6.21 Å². The molecule has 0 atom stereocenters. The minimum Gasteiger partial charge on any atom is -0.265 e. The van der Waals surface area contributed by atoms with Gasteiger partial charge in [0.1, 0.15) is 0 Å². The van der Waals surface area contributed by atoms with Gasteiger partial charge in [-0.3, -0.25) is 4.99 Å². The fourth-order valence-electron chi connectivity index (χ4n) is 1.28. The van der Waals surface area contributed by atoms with Gasteiger partial charge in [-0.25, -0.2) is 0 Å². The van der Waals surface area contributed by atoms with Crippen LogP contribution in [0.25, 0.3) is 0 Å². The van der Waals surface area contributed by atoms with Crippen LogP contribution in [0.5, 0.6) is 0 Å². The maximum atomic E-state index is 4.45. The van der Waals surface area contributed by atoms with E-state index in [4.69, 9.17) is 0 Å². The summed E-state index contributed by atoms with van der Waals surface area (Å²) in [6.07, 6.45) is 10.5. The lowest BCUT2D eigenvalue weighted by molar-refractivity contribution is 0.498. The molecule has 0 rings (SSSR count). The van der Waals surface area contributed by atoms with E-state index < -0.39 is 0 Å². The molecule has 96 valence electrons. The van der Waals surface area contributed by atoms with Crippen LogP contribution < -0.4 is 0 Å². The minimum atomic E-state index is 0.0867. The summed E-state index contributed by atoms with van der Waals surface area (Å²) in [6.45, 7) is 15.0. The van der Waals surface area contributed by atoms with Gasteiger partial charge in [0.2, 0.25) is 0 Å². The molecule has 1 heteroatoms. The highest BCUT2D eigenvalue weighted by molar-refractivity contribution is 5.56. The van der Waals surface area contributed by atoms with Crippen LogP contribution >= 0.6 is 0 Å². The molecule has 0 aromatic rings. The lowest BCUT2D eigenvalue weighted by Gasteiger charge is -2.19. The Morgan fingerprint density at radius 2 is 1.76 bits per heavy atom. The first-order valence-corrected chi connectivity index (χ1v) is 6.33. The maximum Gasteiger partial charge on any atom is 0.0455 e. The molecule has 17 heavy (non-hydrogen) atoms. The molecule has 0 amide bonds. The third-order valence-electron chi connectivity index (χ3n) is 2.26. The number of hydrogen-bond donors (Lipinski definition) is 0. The van der Waals surface area contributed by atoms with Crippen molar-refractivity contribution in [2.24, 2.45) is 16.3 Å². The first kappa shape index (κ1) is 15.9. The Bertz CT molecular complexity index is 333. The summed E-state index contributed by atoms with van der Waals surface area (Å²) in [7, 11) is 0. The van der Waals surface area contributed by atoms with Crippen molar-refractivity contribution in [3.8, 4) is 0 Å². The van der Waals surface area contributed by atoms with Gasteiger partial charge in [0.25, 0.3) is 0 Å². The fraction of sp³-hybridized carbons (Fsp3) is 0.562. The third-order valence-corrected chi connectivity index (χ3v) is 2.26. The molecule has 0 aliphatic heterocycles. The van der Waals surface area contributed by atoms with Crippen LogP contribution in [0.3, 0.4) is 0 Å². The van der Waals surface area contributed by atoms with Crippen molar-refractivity contribution < 1.29 is 0 Å². The highest BCUT2D eigenvalue weighted by atomic mass is 14.7. The fourth-order valence-corrected chi connectivity index (χ4v) is 1.28. The molecular weight excluding hydrogens is 206 g/mol. The SMILES string of the molecule is C\C=N/C(=C\C(C)=C\C=C/C(C)C)C(C)(C)C. The van der Waals surface area contributed by atoms with Crippen molar-refractivity contribution in [3.05, 3.63) is 35.6 Å². The monoisotopic (exact) mass is 233 g/mol. The van der Waals surface area contributed by atoms with Crippen molar-refractivity contribution in [3.63, 3.8) is 0 Å². The summed E-state index contributed by atoms with van der Waals surface area (Å²) in [5.74, 6) is 0.596. The molecule has 0 unspecified atom stereocenters. The molecular formula is C16H27N. The first-order chi connectivity index (χ1) is 7.77. The standard InChI is InChI=1S/C16H27N/c1-8-17-15(16(5,6)7)12-14(4)11-9-10-13(2)3/h8-13H,1-7H3/b10-9-,14-11+,15-12-,17-8-. The zero-order valence-corrected chi connectivity index (χ0v) is 12.4. The second kappa shape index (κ2) is 7.26.